The number of halogens is 1. The van der Waals surface area contributed by atoms with Crippen LogP contribution in [0.15, 0.2) is 0 Å². The predicted molar refractivity (Wildman–Crippen MR) is 47.1 cm³/mol. The quantitative estimate of drug-likeness (QED) is 0.708. The van der Waals surface area contributed by atoms with E-state index in [-0.39, 0.29) is 25.9 Å². The Bertz CT molecular complexity index is 332. The summed E-state index contributed by atoms with van der Waals surface area (Å²) in [5.41, 5.74) is -2.26. The number of hydrogen-bond acceptors (Lipinski definition) is 3. The number of sulfonamides is 1. The van der Waals surface area contributed by atoms with Gasteiger partial charge in [0.15, 0.2) is 0 Å². The van der Waals surface area contributed by atoms with E-state index in [1.54, 1.807) is 0 Å². The average Bonchev–Trinajstić information content (AvgIpc) is 2.03. The number of alkyl halides is 1. The van der Waals surface area contributed by atoms with Crippen LogP contribution in [0.1, 0.15) is 12.8 Å². The third-order valence-corrected chi connectivity index (χ3v) is 3.67. The molecule has 0 aromatic heterocycles. The molecule has 1 heterocycles. The second-order valence-corrected chi connectivity index (χ2v) is 5.41. The molecule has 0 aliphatic carbocycles. The third kappa shape index (κ3) is 2.21. The molecule has 1 aliphatic rings. The van der Waals surface area contributed by atoms with Gasteiger partial charge < -0.3 is 5.11 Å². The highest BCUT2D eigenvalue weighted by atomic mass is 32.2. The van der Waals surface area contributed by atoms with Crippen LogP contribution >= 0.6 is 0 Å². The summed E-state index contributed by atoms with van der Waals surface area (Å²) in [7, 11) is -3.33. The molecule has 1 fully saturated rings. The fraction of sp³-hybridized carbons (Fsp3) is 0.857. The number of carboxylic acids is 1. The maximum absolute atomic E-state index is 13.4. The van der Waals surface area contributed by atoms with Gasteiger partial charge in [0, 0.05) is 25.9 Å². The number of rotatable bonds is 2. The molecular formula is C7H12FNO4S. The van der Waals surface area contributed by atoms with Gasteiger partial charge in [-0.2, -0.15) is 0 Å². The lowest BCUT2D eigenvalue weighted by Gasteiger charge is -2.31. The van der Waals surface area contributed by atoms with Crippen molar-refractivity contribution in [2.45, 2.75) is 18.5 Å². The van der Waals surface area contributed by atoms with Gasteiger partial charge in [-0.1, -0.05) is 0 Å². The normalized spacial score (nSPS) is 23.3. The zero-order chi connectivity index (χ0) is 11.0. The van der Waals surface area contributed by atoms with Gasteiger partial charge in [-0.05, 0) is 0 Å². The summed E-state index contributed by atoms with van der Waals surface area (Å²) < 4.78 is 36.6. The van der Waals surface area contributed by atoms with E-state index < -0.39 is 21.7 Å². The van der Waals surface area contributed by atoms with Crippen molar-refractivity contribution in [3.63, 3.8) is 0 Å². The van der Waals surface area contributed by atoms with Crippen molar-refractivity contribution in [1.29, 1.82) is 0 Å². The lowest BCUT2D eigenvalue weighted by molar-refractivity contribution is -0.153. The van der Waals surface area contributed by atoms with E-state index in [2.05, 4.69) is 0 Å². The van der Waals surface area contributed by atoms with Gasteiger partial charge in [-0.25, -0.2) is 21.9 Å². The van der Waals surface area contributed by atoms with Crippen LogP contribution < -0.4 is 0 Å². The lowest BCUT2D eigenvalue weighted by atomic mass is 9.95. The number of hydrogen-bond donors (Lipinski definition) is 1. The zero-order valence-electron chi connectivity index (χ0n) is 7.73. The van der Waals surface area contributed by atoms with Crippen LogP contribution in [0.2, 0.25) is 0 Å². The highest BCUT2D eigenvalue weighted by Gasteiger charge is 2.43. The Labute approximate surface area is 81.6 Å². The molecule has 1 aliphatic heterocycles. The average molecular weight is 225 g/mol. The topological polar surface area (TPSA) is 74.7 Å². The van der Waals surface area contributed by atoms with Gasteiger partial charge in [0.2, 0.25) is 15.7 Å². The Hall–Kier alpha value is -0.690. The van der Waals surface area contributed by atoms with Crippen molar-refractivity contribution >= 4 is 16.0 Å². The second-order valence-electron chi connectivity index (χ2n) is 3.43. The molecule has 0 atom stereocenters. The lowest BCUT2D eigenvalue weighted by Crippen LogP contribution is -2.47. The van der Waals surface area contributed by atoms with Crippen molar-refractivity contribution in [3.8, 4) is 0 Å². The number of aliphatic carboxylic acids is 1. The Balaban J connectivity index is 2.68. The van der Waals surface area contributed by atoms with Crippen molar-refractivity contribution in [2.75, 3.05) is 19.3 Å². The Morgan fingerprint density at radius 2 is 1.86 bits per heavy atom. The second kappa shape index (κ2) is 3.47. The molecule has 1 saturated heterocycles. The van der Waals surface area contributed by atoms with Crippen molar-refractivity contribution in [1.82, 2.24) is 4.31 Å². The number of piperidine rings is 1. The van der Waals surface area contributed by atoms with Crippen LogP contribution in [-0.2, 0) is 14.8 Å². The Morgan fingerprint density at radius 1 is 1.43 bits per heavy atom. The van der Waals surface area contributed by atoms with Gasteiger partial charge in [0.25, 0.3) is 0 Å². The zero-order valence-corrected chi connectivity index (χ0v) is 8.55. The highest BCUT2D eigenvalue weighted by Crippen LogP contribution is 2.27. The maximum atomic E-state index is 13.4. The molecule has 0 unspecified atom stereocenters. The van der Waals surface area contributed by atoms with Crippen LogP contribution in [0.25, 0.3) is 0 Å². The molecular weight excluding hydrogens is 213 g/mol. The first-order valence-electron chi connectivity index (χ1n) is 4.13. The molecule has 5 nitrogen and oxygen atoms in total. The molecule has 0 aromatic rings. The first-order valence-corrected chi connectivity index (χ1v) is 5.98. The summed E-state index contributed by atoms with van der Waals surface area (Å²) >= 11 is 0. The van der Waals surface area contributed by atoms with E-state index in [1.807, 2.05) is 0 Å². The van der Waals surface area contributed by atoms with Gasteiger partial charge in [0.05, 0.1) is 6.26 Å². The van der Waals surface area contributed by atoms with Gasteiger partial charge in [-0.3, -0.25) is 0 Å². The van der Waals surface area contributed by atoms with Crippen LogP contribution in [0, 0.1) is 0 Å². The largest absolute Gasteiger partial charge is 0.479 e. The molecule has 7 heteroatoms. The number of nitrogens with zero attached hydrogens (tertiary/aromatic N) is 1. The molecule has 1 rings (SSSR count). The van der Waals surface area contributed by atoms with Crippen LogP contribution in [-0.4, -0.2) is 48.8 Å². The predicted octanol–water partition coefficient (Wildman–Crippen LogP) is -0.165. The Kier molecular flexibility index (Phi) is 2.82. The summed E-state index contributed by atoms with van der Waals surface area (Å²) in [6.45, 7) is -0.136. The van der Waals surface area contributed by atoms with Crippen molar-refractivity contribution in [2.24, 2.45) is 0 Å². The van der Waals surface area contributed by atoms with Crippen molar-refractivity contribution in [3.05, 3.63) is 0 Å². The molecule has 0 radical (unpaired) electrons. The first kappa shape index (κ1) is 11.4. The minimum Gasteiger partial charge on any atom is -0.479 e. The fourth-order valence-corrected chi connectivity index (χ4v) is 2.23. The molecule has 0 spiro atoms. The monoisotopic (exact) mass is 225 g/mol. The maximum Gasteiger partial charge on any atom is 0.341 e. The first-order chi connectivity index (χ1) is 6.26. The molecule has 0 amide bonds. The fourth-order valence-electron chi connectivity index (χ4n) is 1.39. The van der Waals surface area contributed by atoms with E-state index in [0.717, 1.165) is 10.6 Å². The van der Waals surface area contributed by atoms with Crippen LogP contribution in [0.4, 0.5) is 4.39 Å². The van der Waals surface area contributed by atoms with E-state index in [0.29, 0.717) is 0 Å². The summed E-state index contributed by atoms with van der Waals surface area (Å²) in [5, 5.41) is 8.54. The smallest absolute Gasteiger partial charge is 0.341 e. The minimum absolute atomic E-state index is 0.0678. The molecule has 1 N–H and O–H groups in total. The van der Waals surface area contributed by atoms with E-state index in [1.165, 1.54) is 0 Å². The van der Waals surface area contributed by atoms with E-state index in [4.69, 9.17) is 5.11 Å². The summed E-state index contributed by atoms with van der Waals surface area (Å²) in [6, 6.07) is 0. The standard InChI is InChI=1S/C7H12FNO4S/c1-14(12,13)9-4-2-7(8,3-5-9)6(10)11/h2-5H2,1H3,(H,10,11). The summed E-state index contributed by atoms with van der Waals surface area (Å²) in [6.07, 6.45) is 0.462. The molecule has 14 heavy (non-hydrogen) atoms. The summed E-state index contributed by atoms with van der Waals surface area (Å²) in [4.78, 5) is 10.5. The van der Waals surface area contributed by atoms with Crippen LogP contribution in [0.5, 0.6) is 0 Å². The number of carboxylic acid groups (broad SMARTS) is 1. The van der Waals surface area contributed by atoms with Crippen molar-refractivity contribution < 1.29 is 22.7 Å². The number of carbonyl (C=O) groups is 1. The molecule has 0 saturated carbocycles. The Morgan fingerprint density at radius 3 is 2.14 bits per heavy atom. The minimum atomic E-state index is -3.33. The molecule has 0 bridgehead atoms. The van der Waals surface area contributed by atoms with E-state index >= 15 is 0 Å². The van der Waals surface area contributed by atoms with Gasteiger partial charge >= 0.3 is 5.97 Å². The molecule has 0 aromatic carbocycles. The highest BCUT2D eigenvalue weighted by molar-refractivity contribution is 7.88. The van der Waals surface area contributed by atoms with E-state index in [9.17, 15) is 17.6 Å². The summed E-state index contributed by atoms with van der Waals surface area (Å²) in [5.74, 6) is -1.51. The van der Waals surface area contributed by atoms with Gasteiger partial charge in [0.1, 0.15) is 0 Å². The van der Waals surface area contributed by atoms with Gasteiger partial charge in [-0.15, -0.1) is 0 Å². The third-order valence-electron chi connectivity index (χ3n) is 2.37. The molecule has 82 valence electrons. The van der Waals surface area contributed by atoms with Crippen LogP contribution in [0.3, 0.4) is 0 Å². The SMILES string of the molecule is CS(=O)(=O)N1CCC(F)(C(=O)O)CC1.